The molecular weight excluding hydrogens is 202 g/mol. The first-order valence-corrected chi connectivity index (χ1v) is 6.23. The molecule has 16 heavy (non-hydrogen) atoms. The van der Waals surface area contributed by atoms with Crippen LogP contribution < -0.4 is 10.6 Å². The molecule has 4 nitrogen and oxygen atoms in total. The number of amides is 1. The molecule has 94 valence electrons. The summed E-state index contributed by atoms with van der Waals surface area (Å²) in [5.74, 6) is 0.616. The Hall–Kier alpha value is -0.610. The zero-order chi connectivity index (χ0) is 12.1. The average molecular weight is 227 g/mol. The summed E-state index contributed by atoms with van der Waals surface area (Å²) in [6.07, 6.45) is 1.10. The van der Waals surface area contributed by atoms with Crippen LogP contribution in [-0.2, 0) is 4.79 Å². The quantitative estimate of drug-likeness (QED) is 0.716. The van der Waals surface area contributed by atoms with Crippen molar-refractivity contribution in [2.75, 3.05) is 26.7 Å². The van der Waals surface area contributed by atoms with Gasteiger partial charge in [-0.05, 0) is 39.8 Å². The highest BCUT2D eigenvalue weighted by Gasteiger charge is 2.28. The number of nitrogens with one attached hydrogen (secondary N) is 2. The number of hydrogen-bond acceptors (Lipinski definition) is 3. The zero-order valence-corrected chi connectivity index (χ0v) is 10.9. The predicted molar refractivity (Wildman–Crippen MR) is 66.3 cm³/mol. The molecule has 4 heteroatoms. The van der Waals surface area contributed by atoms with Crippen LogP contribution in [0.1, 0.15) is 27.2 Å². The maximum Gasteiger partial charge on any atom is 0.237 e. The molecule has 1 saturated heterocycles. The van der Waals surface area contributed by atoms with Crippen LogP contribution in [0.15, 0.2) is 0 Å². The molecule has 1 amide bonds. The molecule has 0 radical (unpaired) electrons. The Kier molecular flexibility index (Phi) is 5.22. The van der Waals surface area contributed by atoms with E-state index in [9.17, 15) is 4.79 Å². The second-order valence-electron chi connectivity index (χ2n) is 5.06. The van der Waals surface area contributed by atoms with E-state index >= 15 is 0 Å². The lowest BCUT2D eigenvalue weighted by Gasteiger charge is -2.22. The maximum atomic E-state index is 11.8. The summed E-state index contributed by atoms with van der Waals surface area (Å²) in [6.45, 7) is 9.05. The van der Waals surface area contributed by atoms with E-state index in [1.54, 1.807) is 0 Å². The fourth-order valence-corrected chi connectivity index (χ4v) is 1.91. The first kappa shape index (κ1) is 13.5. The maximum absolute atomic E-state index is 11.8. The van der Waals surface area contributed by atoms with Crippen molar-refractivity contribution in [1.29, 1.82) is 0 Å². The normalized spacial score (nSPS) is 25.4. The fourth-order valence-electron chi connectivity index (χ4n) is 1.91. The second-order valence-corrected chi connectivity index (χ2v) is 5.06. The predicted octanol–water partition coefficient (Wildman–Crippen LogP) is 0.441. The van der Waals surface area contributed by atoms with Crippen molar-refractivity contribution in [3.05, 3.63) is 0 Å². The van der Waals surface area contributed by atoms with E-state index in [4.69, 9.17) is 0 Å². The molecule has 0 saturated carbocycles. The molecule has 1 aliphatic rings. The summed E-state index contributed by atoms with van der Waals surface area (Å²) < 4.78 is 0. The lowest BCUT2D eigenvalue weighted by Crippen LogP contribution is -2.45. The number of likely N-dealkylation sites (N-methyl/N-ethyl adjacent to an activating group) is 1. The van der Waals surface area contributed by atoms with Gasteiger partial charge in [-0.25, -0.2) is 0 Å². The van der Waals surface area contributed by atoms with Crippen LogP contribution >= 0.6 is 0 Å². The van der Waals surface area contributed by atoms with Gasteiger partial charge in [0.25, 0.3) is 0 Å². The molecule has 0 aromatic rings. The third-order valence-electron chi connectivity index (χ3n) is 3.46. The van der Waals surface area contributed by atoms with E-state index in [0.717, 1.165) is 26.1 Å². The van der Waals surface area contributed by atoms with Gasteiger partial charge >= 0.3 is 0 Å². The molecule has 0 bridgehead atoms. The number of rotatable bonds is 5. The minimum Gasteiger partial charge on any atom is -0.353 e. The Bertz CT molecular complexity index is 230. The van der Waals surface area contributed by atoms with Crippen LogP contribution in [0.4, 0.5) is 0 Å². The molecule has 2 N–H and O–H groups in total. The summed E-state index contributed by atoms with van der Waals surface area (Å²) in [5, 5.41) is 6.24. The Labute approximate surface area is 98.8 Å². The van der Waals surface area contributed by atoms with E-state index in [0.29, 0.717) is 12.0 Å². The Morgan fingerprint density at radius 3 is 2.75 bits per heavy atom. The largest absolute Gasteiger partial charge is 0.353 e. The molecule has 2 atom stereocenters. The number of hydrogen-bond donors (Lipinski definition) is 2. The van der Waals surface area contributed by atoms with Crippen LogP contribution in [0.2, 0.25) is 0 Å². The van der Waals surface area contributed by atoms with Gasteiger partial charge < -0.3 is 15.5 Å². The fraction of sp³-hybridized carbons (Fsp3) is 0.917. The van der Waals surface area contributed by atoms with Crippen molar-refractivity contribution < 1.29 is 4.79 Å². The monoisotopic (exact) mass is 227 g/mol. The summed E-state index contributed by atoms with van der Waals surface area (Å²) >= 11 is 0. The Morgan fingerprint density at radius 1 is 1.56 bits per heavy atom. The van der Waals surface area contributed by atoms with Crippen molar-refractivity contribution in [3.8, 4) is 0 Å². The summed E-state index contributed by atoms with van der Waals surface area (Å²) in [4.78, 5) is 14.0. The summed E-state index contributed by atoms with van der Waals surface area (Å²) in [6, 6.07) is 0.546. The highest BCUT2D eigenvalue weighted by molar-refractivity contribution is 5.82. The van der Waals surface area contributed by atoms with Gasteiger partial charge in [0, 0.05) is 19.1 Å². The van der Waals surface area contributed by atoms with Crippen LogP contribution in [0.5, 0.6) is 0 Å². The van der Waals surface area contributed by atoms with Crippen LogP contribution in [0.3, 0.4) is 0 Å². The summed E-state index contributed by atoms with van der Waals surface area (Å²) in [5.41, 5.74) is 0. The Balaban J connectivity index is 2.20. The molecule has 0 aliphatic carbocycles. The topological polar surface area (TPSA) is 44.4 Å². The van der Waals surface area contributed by atoms with Crippen LogP contribution in [-0.4, -0.2) is 49.6 Å². The second kappa shape index (κ2) is 6.21. The number of carbonyl (C=O) groups is 1. The zero-order valence-electron chi connectivity index (χ0n) is 10.9. The first-order chi connectivity index (χ1) is 7.52. The van der Waals surface area contributed by atoms with E-state index in [1.807, 2.05) is 0 Å². The van der Waals surface area contributed by atoms with Gasteiger partial charge in [-0.1, -0.05) is 6.92 Å². The van der Waals surface area contributed by atoms with Gasteiger partial charge in [0.05, 0.1) is 6.04 Å². The molecule has 1 heterocycles. The van der Waals surface area contributed by atoms with Crippen LogP contribution in [0.25, 0.3) is 0 Å². The highest BCUT2D eigenvalue weighted by Crippen LogP contribution is 2.13. The van der Waals surface area contributed by atoms with E-state index in [1.165, 1.54) is 0 Å². The van der Waals surface area contributed by atoms with Crippen molar-refractivity contribution in [3.63, 3.8) is 0 Å². The smallest absolute Gasteiger partial charge is 0.237 e. The van der Waals surface area contributed by atoms with E-state index in [-0.39, 0.29) is 11.9 Å². The minimum absolute atomic E-state index is 0.0179. The lowest BCUT2D eigenvalue weighted by molar-refractivity contribution is -0.123. The van der Waals surface area contributed by atoms with Crippen molar-refractivity contribution in [2.24, 2.45) is 5.92 Å². The summed E-state index contributed by atoms with van der Waals surface area (Å²) in [7, 11) is 2.08. The lowest BCUT2D eigenvalue weighted by atomic mass is 10.0. The molecule has 0 spiro atoms. The third-order valence-corrected chi connectivity index (χ3v) is 3.46. The third kappa shape index (κ3) is 3.76. The minimum atomic E-state index is 0.0179. The van der Waals surface area contributed by atoms with E-state index < -0.39 is 0 Å². The van der Waals surface area contributed by atoms with Gasteiger partial charge in [-0.3, -0.25) is 4.79 Å². The van der Waals surface area contributed by atoms with Gasteiger partial charge in [-0.15, -0.1) is 0 Å². The first-order valence-electron chi connectivity index (χ1n) is 6.23. The molecule has 1 fully saturated rings. The Morgan fingerprint density at radius 2 is 2.25 bits per heavy atom. The molecule has 2 unspecified atom stereocenters. The van der Waals surface area contributed by atoms with Gasteiger partial charge in [0.1, 0.15) is 0 Å². The van der Waals surface area contributed by atoms with Crippen molar-refractivity contribution in [1.82, 2.24) is 15.5 Å². The number of carbonyl (C=O) groups excluding carboxylic acids is 1. The molecule has 1 rings (SSSR count). The molecular formula is C12H25N3O. The number of nitrogens with zero attached hydrogens (tertiary/aromatic N) is 1. The van der Waals surface area contributed by atoms with Gasteiger partial charge in [0.2, 0.25) is 5.91 Å². The SMILES string of the molecule is CC1CCNC1C(=O)NCCN(C)C(C)C. The highest BCUT2D eigenvalue weighted by atomic mass is 16.2. The standard InChI is InChI=1S/C12H25N3O/c1-9(2)15(4)8-7-14-12(16)11-10(3)5-6-13-11/h9-11,13H,5-8H2,1-4H3,(H,14,16). The van der Waals surface area contributed by atoms with Crippen molar-refractivity contribution >= 4 is 5.91 Å². The van der Waals surface area contributed by atoms with Crippen LogP contribution in [0, 0.1) is 5.92 Å². The van der Waals surface area contributed by atoms with Crippen molar-refractivity contribution in [2.45, 2.75) is 39.3 Å². The molecule has 0 aromatic heterocycles. The average Bonchev–Trinajstić information content (AvgIpc) is 2.64. The van der Waals surface area contributed by atoms with Gasteiger partial charge in [0.15, 0.2) is 0 Å². The molecule has 0 aromatic carbocycles. The van der Waals surface area contributed by atoms with Gasteiger partial charge in [-0.2, -0.15) is 0 Å². The van der Waals surface area contributed by atoms with E-state index in [2.05, 4.69) is 43.4 Å². The molecule has 1 aliphatic heterocycles.